The molecule has 0 spiro atoms. The van der Waals surface area contributed by atoms with E-state index in [1.54, 1.807) is 24.3 Å². The van der Waals surface area contributed by atoms with Crippen molar-refractivity contribution >= 4 is 26.8 Å². The summed E-state index contributed by atoms with van der Waals surface area (Å²) in [6, 6.07) is 24.0. The Labute approximate surface area is 158 Å². The molecule has 5 heteroatoms. The molecule has 0 bridgehead atoms. The molecule has 0 aliphatic rings. The second-order valence-electron chi connectivity index (χ2n) is 5.97. The average molecular weight is 382 g/mol. The Morgan fingerprint density at radius 3 is 1.88 bits per heavy atom. The predicted octanol–water partition coefficient (Wildman–Crippen LogP) is 5.23. The number of rotatable bonds is 4. The van der Waals surface area contributed by atoms with Crippen LogP contribution in [0, 0.1) is 13.8 Å². The van der Waals surface area contributed by atoms with E-state index in [0.29, 0.717) is 5.04 Å². The zero-order chi connectivity index (χ0) is 18.6. The van der Waals surface area contributed by atoms with Gasteiger partial charge in [-0.15, -0.1) is 0 Å². The first-order valence-corrected chi connectivity index (χ1v) is 10.4. The summed E-state index contributed by atoms with van der Waals surface area (Å²) < 4.78 is 29.7. The molecular formula is C21H19NO2S2. The summed E-state index contributed by atoms with van der Waals surface area (Å²) in [5.41, 5.74) is 2.93. The third-order valence-corrected chi connectivity index (χ3v) is 6.21. The molecular weight excluding hydrogens is 362 g/mol. The van der Waals surface area contributed by atoms with E-state index in [2.05, 4.69) is 4.40 Å². The molecule has 3 rings (SSSR count). The lowest BCUT2D eigenvalue weighted by Crippen LogP contribution is -2.04. The van der Waals surface area contributed by atoms with Crippen molar-refractivity contribution in [1.82, 2.24) is 0 Å². The molecule has 3 nitrogen and oxygen atoms in total. The van der Waals surface area contributed by atoms with Crippen LogP contribution in [0.2, 0.25) is 0 Å². The highest BCUT2D eigenvalue weighted by Crippen LogP contribution is 2.26. The highest BCUT2D eigenvalue weighted by molar-refractivity contribution is 8.15. The van der Waals surface area contributed by atoms with Gasteiger partial charge < -0.3 is 0 Å². The normalized spacial score (nSPS) is 12.2. The van der Waals surface area contributed by atoms with Crippen molar-refractivity contribution in [1.29, 1.82) is 0 Å². The van der Waals surface area contributed by atoms with Crippen LogP contribution in [-0.4, -0.2) is 13.5 Å². The van der Waals surface area contributed by atoms with Gasteiger partial charge in [0, 0.05) is 10.5 Å². The molecule has 0 radical (unpaired) electrons. The minimum atomic E-state index is -3.79. The molecule has 0 aliphatic heterocycles. The minimum absolute atomic E-state index is 0.195. The van der Waals surface area contributed by atoms with E-state index in [1.807, 2.05) is 68.4 Å². The second-order valence-corrected chi connectivity index (χ2v) is 8.63. The zero-order valence-electron chi connectivity index (χ0n) is 14.6. The van der Waals surface area contributed by atoms with Gasteiger partial charge >= 0.3 is 0 Å². The van der Waals surface area contributed by atoms with Crippen LogP contribution in [0.4, 0.5) is 0 Å². The summed E-state index contributed by atoms with van der Waals surface area (Å²) >= 11 is 1.35. The Bertz CT molecular complexity index is 1010. The molecule has 0 saturated carbocycles. The number of benzene rings is 3. The molecule has 132 valence electrons. The molecule has 0 heterocycles. The Kier molecular flexibility index (Phi) is 5.59. The van der Waals surface area contributed by atoms with E-state index >= 15 is 0 Å². The topological polar surface area (TPSA) is 46.5 Å². The fourth-order valence-corrected chi connectivity index (χ4v) is 4.40. The van der Waals surface area contributed by atoms with Crippen LogP contribution >= 0.6 is 11.8 Å². The molecule has 0 atom stereocenters. The number of sulfonamides is 1. The quantitative estimate of drug-likeness (QED) is 0.353. The predicted molar refractivity (Wildman–Crippen MR) is 108 cm³/mol. The van der Waals surface area contributed by atoms with Crippen LogP contribution in [0.5, 0.6) is 0 Å². The van der Waals surface area contributed by atoms with E-state index in [9.17, 15) is 8.42 Å². The highest BCUT2D eigenvalue weighted by Gasteiger charge is 2.16. The third-order valence-electron chi connectivity index (χ3n) is 3.78. The van der Waals surface area contributed by atoms with Crippen LogP contribution in [0.3, 0.4) is 0 Å². The van der Waals surface area contributed by atoms with E-state index in [0.717, 1.165) is 21.6 Å². The van der Waals surface area contributed by atoms with Gasteiger partial charge in [-0.3, -0.25) is 0 Å². The largest absolute Gasteiger partial charge is 0.283 e. The van der Waals surface area contributed by atoms with E-state index in [-0.39, 0.29) is 4.90 Å². The Morgan fingerprint density at radius 2 is 1.31 bits per heavy atom. The van der Waals surface area contributed by atoms with Crippen molar-refractivity contribution in [2.75, 3.05) is 0 Å². The summed E-state index contributed by atoms with van der Waals surface area (Å²) in [6.45, 7) is 3.94. The summed E-state index contributed by atoms with van der Waals surface area (Å²) in [5, 5.41) is 0.454. The number of aryl methyl sites for hydroxylation is 2. The van der Waals surface area contributed by atoms with Crippen molar-refractivity contribution in [2.24, 2.45) is 4.40 Å². The van der Waals surface area contributed by atoms with Gasteiger partial charge in [0.25, 0.3) is 10.0 Å². The maximum atomic E-state index is 12.8. The van der Waals surface area contributed by atoms with Crippen molar-refractivity contribution in [3.63, 3.8) is 0 Å². The lowest BCUT2D eigenvalue weighted by molar-refractivity contribution is 0.598. The summed E-state index contributed by atoms with van der Waals surface area (Å²) in [7, 11) is -3.79. The van der Waals surface area contributed by atoms with E-state index < -0.39 is 10.0 Å². The fraction of sp³-hybridized carbons (Fsp3) is 0.0952. The van der Waals surface area contributed by atoms with Crippen LogP contribution < -0.4 is 0 Å². The number of thioether (sulfide) groups is 1. The molecule has 3 aromatic carbocycles. The van der Waals surface area contributed by atoms with Crippen molar-refractivity contribution in [2.45, 2.75) is 23.6 Å². The van der Waals surface area contributed by atoms with E-state index in [4.69, 9.17) is 0 Å². The summed E-state index contributed by atoms with van der Waals surface area (Å²) in [4.78, 5) is 1.14. The van der Waals surface area contributed by atoms with Gasteiger partial charge in [0.1, 0.15) is 5.04 Å². The Morgan fingerprint density at radius 1 is 0.769 bits per heavy atom. The smallest absolute Gasteiger partial charge is 0.199 e. The summed E-state index contributed by atoms with van der Waals surface area (Å²) in [6.07, 6.45) is 0. The summed E-state index contributed by atoms with van der Waals surface area (Å²) in [5.74, 6) is 0. The van der Waals surface area contributed by atoms with Gasteiger partial charge in [-0.05, 0) is 38.1 Å². The molecule has 0 unspecified atom stereocenters. The molecule has 0 aromatic heterocycles. The monoisotopic (exact) mass is 381 g/mol. The molecule has 0 amide bonds. The van der Waals surface area contributed by atoms with Gasteiger partial charge in [0.05, 0.1) is 4.90 Å². The van der Waals surface area contributed by atoms with Crippen LogP contribution in [0.15, 0.2) is 93.1 Å². The number of nitrogens with zero attached hydrogens (tertiary/aromatic N) is 1. The first-order chi connectivity index (χ1) is 12.4. The molecule has 0 fully saturated rings. The maximum absolute atomic E-state index is 12.8. The van der Waals surface area contributed by atoms with Gasteiger partial charge in [-0.2, -0.15) is 12.8 Å². The standard InChI is InChI=1S/C21H19NO2S2/c1-16-8-12-19(13-9-16)25-21(18-6-4-3-5-7-18)22-26(23,24)20-14-10-17(2)11-15-20/h3-15H,1-2H3/b22-21-. The average Bonchev–Trinajstić information content (AvgIpc) is 2.64. The molecule has 0 aliphatic carbocycles. The van der Waals surface area contributed by atoms with Gasteiger partial charge in [-0.25, -0.2) is 0 Å². The number of hydrogen-bond donors (Lipinski definition) is 0. The van der Waals surface area contributed by atoms with Crippen molar-refractivity contribution in [3.05, 3.63) is 95.6 Å². The second kappa shape index (κ2) is 7.89. The molecule has 0 saturated heterocycles. The van der Waals surface area contributed by atoms with Crippen molar-refractivity contribution in [3.8, 4) is 0 Å². The first kappa shape index (κ1) is 18.4. The van der Waals surface area contributed by atoms with Crippen LogP contribution in [-0.2, 0) is 10.0 Å². The van der Waals surface area contributed by atoms with Gasteiger partial charge in [0.15, 0.2) is 0 Å². The number of hydrogen-bond acceptors (Lipinski definition) is 3. The zero-order valence-corrected chi connectivity index (χ0v) is 16.2. The van der Waals surface area contributed by atoms with Crippen LogP contribution in [0.25, 0.3) is 0 Å². The van der Waals surface area contributed by atoms with Crippen molar-refractivity contribution < 1.29 is 8.42 Å². The highest BCUT2D eigenvalue weighted by atomic mass is 32.2. The lowest BCUT2D eigenvalue weighted by Gasteiger charge is -2.08. The first-order valence-electron chi connectivity index (χ1n) is 8.16. The third kappa shape index (κ3) is 4.62. The SMILES string of the molecule is Cc1ccc(S/C(=N\S(=O)(=O)c2ccc(C)cc2)c2ccccc2)cc1. The fourth-order valence-electron chi connectivity index (χ4n) is 2.30. The van der Waals surface area contributed by atoms with Gasteiger partial charge in [-0.1, -0.05) is 77.5 Å². The van der Waals surface area contributed by atoms with Crippen LogP contribution in [0.1, 0.15) is 16.7 Å². The van der Waals surface area contributed by atoms with E-state index in [1.165, 1.54) is 11.8 Å². The lowest BCUT2D eigenvalue weighted by atomic mass is 10.2. The Balaban J connectivity index is 2.03. The molecule has 3 aromatic rings. The maximum Gasteiger partial charge on any atom is 0.283 e. The Hall–Kier alpha value is -2.37. The minimum Gasteiger partial charge on any atom is -0.199 e. The molecule has 0 N–H and O–H groups in total. The van der Waals surface area contributed by atoms with Gasteiger partial charge in [0.2, 0.25) is 0 Å². The molecule has 26 heavy (non-hydrogen) atoms.